The van der Waals surface area contributed by atoms with Gasteiger partial charge in [-0.3, -0.25) is 0 Å². The minimum absolute atomic E-state index is 0.644. The topological polar surface area (TPSA) is 15.3 Å². The van der Waals surface area contributed by atoms with Crippen molar-refractivity contribution in [2.75, 3.05) is 25.0 Å². The Kier molecular flexibility index (Phi) is 4.26. The first kappa shape index (κ1) is 14.2. The molecule has 2 aromatic carbocycles. The fourth-order valence-electron chi connectivity index (χ4n) is 3.40. The predicted molar refractivity (Wildman–Crippen MR) is 90.7 cm³/mol. The Labute approximate surface area is 127 Å². The van der Waals surface area contributed by atoms with Crippen LogP contribution in [0.4, 0.5) is 5.69 Å². The smallest absolute Gasteiger partial charge is 0.0446 e. The average molecular weight is 280 g/mol. The second-order valence-electron chi connectivity index (χ2n) is 5.99. The summed E-state index contributed by atoms with van der Waals surface area (Å²) in [4.78, 5) is 2.54. The molecule has 1 saturated heterocycles. The maximum absolute atomic E-state index is 3.45. The predicted octanol–water partition coefficient (Wildman–Crippen LogP) is 3.79. The number of benzene rings is 2. The molecule has 110 valence electrons. The van der Waals surface area contributed by atoms with Crippen LogP contribution in [0.25, 0.3) is 11.1 Å². The van der Waals surface area contributed by atoms with Gasteiger partial charge in [-0.1, -0.05) is 55.5 Å². The van der Waals surface area contributed by atoms with Crippen molar-refractivity contribution < 1.29 is 0 Å². The lowest BCUT2D eigenvalue weighted by atomic mass is 9.92. The molecule has 1 aliphatic rings. The molecule has 0 saturated carbocycles. The molecule has 1 N–H and O–H groups in total. The highest BCUT2D eigenvalue weighted by atomic mass is 15.2. The summed E-state index contributed by atoms with van der Waals surface area (Å²) in [6, 6.07) is 20.1. The Bertz CT molecular complexity index is 579. The van der Waals surface area contributed by atoms with E-state index in [0.29, 0.717) is 12.0 Å². The van der Waals surface area contributed by atoms with E-state index in [-0.39, 0.29) is 0 Å². The van der Waals surface area contributed by atoms with Crippen molar-refractivity contribution in [2.24, 2.45) is 5.92 Å². The molecule has 0 radical (unpaired) electrons. The maximum atomic E-state index is 3.45. The third kappa shape index (κ3) is 2.96. The molecule has 0 amide bonds. The number of anilines is 1. The summed E-state index contributed by atoms with van der Waals surface area (Å²) >= 11 is 0. The third-order valence-corrected chi connectivity index (χ3v) is 4.61. The van der Waals surface area contributed by atoms with Crippen LogP contribution in [-0.2, 0) is 0 Å². The summed E-state index contributed by atoms with van der Waals surface area (Å²) in [6.07, 6.45) is 1.21. The van der Waals surface area contributed by atoms with E-state index in [9.17, 15) is 0 Å². The number of rotatable bonds is 3. The van der Waals surface area contributed by atoms with Crippen molar-refractivity contribution in [1.82, 2.24) is 5.32 Å². The van der Waals surface area contributed by atoms with Gasteiger partial charge in [-0.2, -0.15) is 0 Å². The second-order valence-corrected chi connectivity index (χ2v) is 5.99. The molecule has 1 heterocycles. The molecule has 2 nitrogen and oxygen atoms in total. The van der Waals surface area contributed by atoms with E-state index in [1.165, 1.54) is 23.2 Å². The molecule has 2 unspecified atom stereocenters. The zero-order chi connectivity index (χ0) is 14.7. The Morgan fingerprint density at radius 2 is 1.71 bits per heavy atom. The molecule has 3 rings (SSSR count). The molecule has 2 aromatic rings. The first-order valence-corrected chi connectivity index (χ1v) is 7.86. The molecule has 1 aliphatic heterocycles. The number of nitrogens with one attached hydrogen (secondary N) is 1. The normalized spacial score (nSPS) is 22.3. The molecule has 0 aromatic heterocycles. The summed E-state index contributed by atoms with van der Waals surface area (Å²) in [5, 5.41) is 3.45. The molecule has 0 bridgehead atoms. The van der Waals surface area contributed by atoms with Gasteiger partial charge in [0.25, 0.3) is 0 Å². The van der Waals surface area contributed by atoms with Crippen LogP contribution in [0, 0.1) is 5.92 Å². The molecule has 0 aliphatic carbocycles. The maximum Gasteiger partial charge on any atom is 0.0446 e. The third-order valence-electron chi connectivity index (χ3n) is 4.61. The molecule has 21 heavy (non-hydrogen) atoms. The Morgan fingerprint density at radius 3 is 2.43 bits per heavy atom. The minimum atomic E-state index is 0.644. The molecular weight excluding hydrogens is 256 g/mol. The lowest BCUT2D eigenvalue weighted by Crippen LogP contribution is -2.47. The minimum Gasteiger partial charge on any atom is -0.371 e. The van der Waals surface area contributed by atoms with Gasteiger partial charge in [0, 0.05) is 30.4 Å². The van der Waals surface area contributed by atoms with E-state index in [0.717, 1.165) is 13.1 Å². The number of hydrogen-bond donors (Lipinski definition) is 1. The van der Waals surface area contributed by atoms with Crippen LogP contribution in [0.15, 0.2) is 54.6 Å². The van der Waals surface area contributed by atoms with Crippen LogP contribution in [0.1, 0.15) is 13.3 Å². The molecule has 2 heteroatoms. The first-order valence-electron chi connectivity index (χ1n) is 7.86. The van der Waals surface area contributed by atoms with Gasteiger partial charge in [0.1, 0.15) is 0 Å². The van der Waals surface area contributed by atoms with Crippen molar-refractivity contribution in [3.05, 3.63) is 54.6 Å². The van der Waals surface area contributed by atoms with Crippen molar-refractivity contribution in [3.63, 3.8) is 0 Å². The van der Waals surface area contributed by atoms with Crippen molar-refractivity contribution in [1.29, 1.82) is 0 Å². The largest absolute Gasteiger partial charge is 0.371 e. The average Bonchev–Trinajstić information content (AvgIpc) is 2.55. The van der Waals surface area contributed by atoms with Crippen LogP contribution in [0.2, 0.25) is 0 Å². The highest BCUT2D eigenvalue weighted by Gasteiger charge is 2.25. The van der Waals surface area contributed by atoms with E-state index < -0.39 is 0 Å². The highest BCUT2D eigenvalue weighted by molar-refractivity contribution is 5.78. The van der Waals surface area contributed by atoms with E-state index in [1.54, 1.807) is 0 Å². The number of para-hydroxylation sites is 1. The van der Waals surface area contributed by atoms with Crippen molar-refractivity contribution in [3.8, 4) is 11.1 Å². The number of piperidine rings is 1. The quantitative estimate of drug-likeness (QED) is 0.920. The van der Waals surface area contributed by atoms with Gasteiger partial charge in [-0.25, -0.2) is 0 Å². The van der Waals surface area contributed by atoms with E-state index >= 15 is 0 Å². The zero-order valence-electron chi connectivity index (χ0n) is 12.9. The summed E-state index contributed by atoms with van der Waals surface area (Å²) in [5.74, 6) is 0.674. The SMILES string of the molecule is CNC1CCN(c2ccccc2-c2ccccc2)CC1C. The molecular formula is C19H24N2. The van der Waals surface area contributed by atoms with Crippen molar-refractivity contribution >= 4 is 5.69 Å². The number of nitrogens with zero attached hydrogens (tertiary/aromatic N) is 1. The van der Waals surface area contributed by atoms with E-state index in [1.807, 2.05) is 0 Å². The monoisotopic (exact) mass is 280 g/mol. The molecule has 1 fully saturated rings. The fraction of sp³-hybridized carbons (Fsp3) is 0.368. The van der Waals surface area contributed by atoms with Gasteiger partial charge in [0.15, 0.2) is 0 Å². The van der Waals surface area contributed by atoms with Gasteiger partial charge < -0.3 is 10.2 Å². The zero-order valence-corrected chi connectivity index (χ0v) is 12.9. The van der Waals surface area contributed by atoms with Gasteiger partial charge >= 0.3 is 0 Å². The van der Waals surface area contributed by atoms with Crippen LogP contribution < -0.4 is 10.2 Å². The highest BCUT2D eigenvalue weighted by Crippen LogP contribution is 2.33. The second kappa shape index (κ2) is 6.31. The van der Waals surface area contributed by atoms with E-state index in [4.69, 9.17) is 0 Å². The van der Waals surface area contributed by atoms with Gasteiger partial charge in [0.2, 0.25) is 0 Å². The van der Waals surface area contributed by atoms with Crippen LogP contribution in [-0.4, -0.2) is 26.2 Å². The first-order chi connectivity index (χ1) is 10.3. The summed E-state index contributed by atoms with van der Waals surface area (Å²) in [5.41, 5.74) is 4.01. The van der Waals surface area contributed by atoms with Gasteiger partial charge in [0.05, 0.1) is 0 Å². The molecule has 2 atom stereocenters. The van der Waals surface area contributed by atoms with E-state index in [2.05, 4.69) is 78.8 Å². The Hall–Kier alpha value is -1.80. The Morgan fingerprint density at radius 1 is 1.00 bits per heavy atom. The van der Waals surface area contributed by atoms with Crippen LogP contribution >= 0.6 is 0 Å². The lowest BCUT2D eigenvalue weighted by Gasteiger charge is -2.39. The van der Waals surface area contributed by atoms with Crippen LogP contribution in [0.3, 0.4) is 0 Å². The fourth-order valence-corrected chi connectivity index (χ4v) is 3.40. The summed E-state index contributed by atoms with van der Waals surface area (Å²) < 4.78 is 0. The number of hydrogen-bond acceptors (Lipinski definition) is 2. The van der Waals surface area contributed by atoms with Crippen LogP contribution in [0.5, 0.6) is 0 Å². The van der Waals surface area contributed by atoms with Crippen molar-refractivity contribution in [2.45, 2.75) is 19.4 Å². The Balaban J connectivity index is 1.90. The van der Waals surface area contributed by atoms with Gasteiger partial charge in [-0.15, -0.1) is 0 Å². The molecule has 0 spiro atoms. The summed E-state index contributed by atoms with van der Waals surface area (Å²) in [7, 11) is 2.08. The van der Waals surface area contributed by atoms with Gasteiger partial charge in [-0.05, 0) is 31.0 Å². The summed E-state index contributed by atoms with van der Waals surface area (Å²) in [6.45, 7) is 4.59. The standard InChI is InChI=1S/C19H24N2/c1-15-14-21(13-12-18(15)20-2)19-11-7-6-10-17(19)16-8-4-3-5-9-16/h3-11,15,18,20H,12-14H2,1-2H3. The lowest BCUT2D eigenvalue weighted by molar-refractivity contribution is 0.339.